The van der Waals surface area contributed by atoms with Crippen molar-refractivity contribution < 1.29 is 17.9 Å². The number of ether oxygens (including phenoxy) is 1. The molecule has 2 aliphatic rings. The van der Waals surface area contributed by atoms with Gasteiger partial charge in [0.05, 0.1) is 12.0 Å². The van der Waals surface area contributed by atoms with E-state index in [1.54, 1.807) is 30.3 Å². The average molecular weight is 417 g/mol. The summed E-state index contributed by atoms with van der Waals surface area (Å²) in [5.74, 6) is -0.289. The highest BCUT2D eigenvalue weighted by molar-refractivity contribution is 7.92. The van der Waals surface area contributed by atoms with Crippen molar-refractivity contribution in [3.63, 3.8) is 0 Å². The highest BCUT2D eigenvalue weighted by Gasteiger charge is 2.49. The summed E-state index contributed by atoms with van der Waals surface area (Å²) in [4.78, 5) is 12.8. The molecule has 1 aromatic carbocycles. The van der Waals surface area contributed by atoms with Crippen molar-refractivity contribution >= 4 is 15.8 Å². The maximum Gasteiger partial charge on any atom is 0.325 e. The number of carbonyl (C=O) groups is 1. The van der Waals surface area contributed by atoms with Gasteiger partial charge in [-0.3, -0.25) is 4.79 Å². The summed E-state index contributed by atoms with van der Waals surface area (Å²) in [5, 5.41) is -1.21. The molecule has 0 spiro atoms. The van der Waals surface area contributed by atoms with Gasteiger partial charge in [0.15, 0.2) is 15.1 Å². The lowest BCUT2D eigenvalue weighted by Gasteiger charge is -2.49. The SMILES string of the molecule is C=C(C)C1CCC2=CC(C(C(=O)OC)S(=O)(=O)c3ccccc3)CC(C)C2(C)C1. The van der Waals surface area contributed by atoms with E-state index in [1.807, 2.05) is 0 Å². The lowest BCUT2D eigenvalue weighted by molar-refractivity contribution is -0.141. The molecule has 4 nitrogen and oxygen atoms in total. The third kappa shape index (κ3) is 3.94. The van der Waals surface area contributed by atoms with Gasteiger partial charge in [-0.2, -0.15) is 0 Å². The van der Waals surface area contributed by atoms with Gasteiger partial charge in [0.2, 0.25) is 0 Å². The number of carbonyl (C=O) groups excluding carboxylic acids is 1. The molecule has 0 radical (unpaired) electrons. The lowest BCUT2D eigenvalue weighted by Crippen LogP contribution is -2.45. The van der Waals surface area contributed by atoms with Crippen molar-refractivity contribution in [2.45, 2.75) is 56.6 Å². The Bertz CT molecular complexity index is 915. The van der Waals surface area contributed by atoms with E-state index in [1.165, 1.54) is 18.3 Å². The molecule has 5 atom stereocenters. The standard InChI is InChI=1S/C24H32O4S/c1-16(2)18-11-12-20-14-19(13-17(3)24(20,4)15-18)22(23(25)28-5)29(26,27)21-9-7-6-8-10-21/h6-10,14,17-19,22H,1,11-13,15H2,2-5H3. The molecule has 2 aliphatic carbocycles. The average Bonchev–Trinajstić information content (AvgIpc) is 2.69. The van der Waals surface area contributed by atoms with Crippen LogP contribution in [0.25, 0.3) is 0 Å². The molecule has 1 aromatic rings. The first-order valence-electron chi connectivity index (χ1n) is 10.3. The number of methoxy groups -OCH3 is 1. The van der Waals surface area contributed by atoms with Crippen LogP contribution in [0.1, 0.15) is 46.5 Å². The summed E-state index contributed by atoms with van der Waals surface area (Å²) in [5.41, 5.74) is 2.53. The first-order valence-corrected chi connectivity index (χ1v) is 11.9. The number of allylic oxidation sites excluding steroid dienone is 3. The van der Waals surface area contributed by atoms with Crippen LogP contribution in [0.3, 0.4) is 0 Å². The van der Waals surface area contributed by atoms with Gasteiger partial charge < -0.3 is 4.74 Å². The molecule has 5 heteroatoms. The van der Waals surface area contributed by atoms with Crippen LogP contribution in [0, 0.1) is 23.2 Å². The summed E-state index contributed by atoms with van der Waals surface area (Å²) >= 11 is 0. The fourth-order valence-electron chi connectivity index (χ4n) is 5.18. The van der Waals surface area contributed by atoms with E-state index in [0.717, 1.165) is 19.3 Å². The van der Waals surface area contributed by atoms with E-state index in [4.69, 9.17) is 4.74 Å². The molecule has 0 saturated heterocycles. The molecule has 0 N–H and O–H groups in total. The third-order valence-corrected chi connectivity index (χ3v) is 9.36. The van der Waals surface area contributed by atoms with Gasteiger partial charge in [0, 0.05) is 5.92 Å². The second-order valence-electron chi connectivity index (χ2n) is 9.00. The number of sulfone groups is 1. The Morgan fingerprint density at radius 1 is 1.28 bits per heavy atom. The van der Waals surface area contributed by atoms with Crippen LogP contribution < -0.4 is 0 Å². The zero-order valence-corrected chi connectivity index (χ0v) is 18.7. The van der Waals surface area contributed by atoms with Gasteiger partial charge in [-0.05, 0) is 62.0 Å². The predicted molar refractivity (Wildman–Crippen MR) is 115 cm³/mol. The van der Waals surface area contributed by atoms with Crippen molar-refractivity contribution in [3.8, 4) is 0 Å². The van der Waals surface area contributed by atoms with Crippen molar-refractivity contribution in [2.75, 3.05) is 7.11 Å². The number of rotatable bonds is 5. The zero-order valence-electron chi connectivity index (χ0n) is 17.9. The Labute approximate surface area is 175 Å². The fourth-order valence-corrected chi connectivity index (χ4v) is 7.01. The number of hydrogen-bond donors (Lipinski definition) is 0. The molecule has 158 valence electrons. The minimum absolute atomic E-state index is 0.0234. The van der Waals surface area contributed by atoms with Gasteiger partial charge in [-0.1, -0.05) is 55.8 Å². The number of hydrogen-bond acceptors (Lipinski definition) is 4. The Morgan fingerprint density at radius 2 is 1.93 bits per heavy atom. The van der Waals surface area contributed by atoms with Gasteiger partial charge in [0.1, 0.15) is 0 Å². The van der Waals surface area contributed by atoms with Crippen molar-refractivity contribution in [1.82, 2.24) is 0 Å². The Balaban J connectivity index is 2.01. The van der Waals surface area contributed by atoms with Crippen LogP contribution in [0.5, 0.6) is 0 Å². The van der Waals surface area contributed by atoms with Gasteiger partial charge in [-0.25, -0.2) is 8.42 Å². The highest BCUT2D eigenvalue weighted by Crippen LogP contribution is 2.55. The Morgan fingerprint density at radius 3 is 2.52 bits per heavy atom. The van der Waals surface area contributed by atoms with E-state index in [2.05, 4.69) is 33.4 Å². The van der Waals surface area contributed by atoms with Crippen LogP contribution in [-0.2, 0) is 19.4 Å². The molecule has 1 saturated carbocycles. The first kappa shape index (κ1) is 21.8. The van der Waals surface area contributed by atoms with E-state index in [0.29, 0.717) is 12.3 Å². The molecular weight excluding hydrogens is 384 g/mol. The normalized spacial score (nSPS) is 30.6. The summed E-state index contributed by atoms with van der Waals surface area (Å²) < 4.78 is 31.7. The maximum absolute atomic E-state index is 13.4. The molecule has 0 heterocycles. The molecule has 3 rings (SSSR count). The van der Waals surface area contributed by atoms with Crippen LogP contribution in [0.2, 0.25) is 0 Å². The summed E-state index contributed by atoms with van der Waals surface area (Å²) in [6, 6.07) is 8.22. The van der Waals surface area contributed by atoms with Crippen LogP contribution >= 0.6 is 0 Å². The van der Waals surface area contributed by atoms with Crippen molar-refractivity contribution in [1.29, 1.82) is 0 Å². The predicted octanol–water partition coefficient (Wildman–Crippen LogP) is 4.97. The lowest BCUT2D eigenvalue weighted by atomic mass is 9.56. The smallest absolute Gasteiger partial charge is 0.325 e. The Kier molecular flexibility index (Phi) is 6.09. The van der Waals surface area contributed by atoms with Gasteiger partial charge >= 0.3 is 5.97 Å². The van der Waals surface area contributed by atoms with Crippen LogP contribution in [-0.4, -0.2) is 26.7 Å². The quantitative estimate of drug-likeness (QED) is 0.502. The van der Waals surface area contributed by atoms with E-state index < -0.39 is 21.1 Å². The largest absolute Gasteiger partial charge is 0.468 e. The maximum atomic E-state index is 13.4. The number of esters is 1. The molecule has 0 aromatic heterocycles. The Hall–Kier alpha value is -1.88. The second-order valence-corrected chi connectivity index (χ2v) is 11.1. The summed E-state index contributed by atoms with van der Waals surface area (Å²) in [7, 11) is -2.59. The number of fused-ring (bicyclic) bond motifs is 1. The zero-order chi connectivity index (χ0) is 21.4. The first-order chi connectivity index (χ1) is 13.6. The van der Waals surface area contributed by atoms with E-state index in [9.17, 15) is 13.2 Å². The van der Waals surface area contributed by atoms with E-state index >= 15 is 0 Å². The summed E-state index contributed by atoms with van der Waals surface area (Å²) in [6.45, 7) is 10.7. The molecule has 0 amide bonds. The fraction of sp³-hybridized carbons (Fsp3) is 0.542. The van der Waals surface area contributed by atoms with Crippen molar-refractivity contribution in [2.24, 2.45) is 23.2 Å². The number of benzene rings is 1. The molecule has 5 unspecified atom stereocenters. The van der Waals surface area contributed by atoms with Crippen LogP contribution in [0.4, 0.5) is 0 Å². The molecule has 0 aliphatic heterocycles. The van der Waals surface area contributed by atoms with Gasteiger partial charge in [0.25, 0.3) is 0 Å². The molecule has 29 heavy (non-hydrogen) atoms. The second kappa shape index (κ2) is 8.10. The van der Waals surface area contributed by atoms with Crippen LogP contribution in [0.15, 0.2) is 59.0 Å². The van der Waals surface area contributed by atoms with Gasteiger partial charge in [-0.15, -0.1) is 0 Å². The molecule has 0 bridgehead atoms. The van der Waals surface area contributed by atoms with E-state index in [-0.39, 0.29) is 22.1 Å². The molecular formula is C24H32O4S. The highest BCUT2D eigenvalue weighted by atomic mass is 32.2. The molecule has 1 fully saturated rings. The minimum atomic E-state index is -3.85. The monoisotopic (exact) mass is 416 g/mol. The third-order valence-electron chi connectivity index (χ3n) is 7.22. The topological polar surface area (TPSA) is 60.4 Å². The van der Waals surface area contributed by atoms with Crippen molar-refractivity contribution in [3.05, 3.63) is 54.1 Å². The summed E-state index contributed by atoms with van der Waals surface area (Å²) in [6.07, 6.45) is 5.72. The minimum Gasteiger partial charge on any atom is -0.468 e.